The number of sulfonamides is 1. The fourth-order valence-corrected chi connectivity index (χ4v) is 6.63. The Hall–Kier alpha value is -1.05. The minimum Gasteiger partial charge on any atom is -0.351 e. The predicted octanol–water partition coefficient (Wildman–Crippen LogP) is 3.90. The van der Waals surface area contributed by atoms with E-state index in [1.54, 1.807) is 22.5 Å². The topological polar surface area (TPSA) is 66.5 Å². The third-order valence-electron chi connectivity index (χ3n) is 5.77. The first-order valence-electron chi connectivity index (χ1n) is 10.5. The number of carbonyl (C=O) groups excluding carboxylic acids is 1. The molecule has 1 aromatic rings. The number of carbonyl (C=O) groups is 1. The third-order valence-corrected chi connectivity index (χ3v) is 9.05. The fourth-order valence-electron chi connectivity index (χ4n) is 3.90. The summed E-state index contributed by atoms with van der Waals surface area (Å²) >= 11 is 1.94. The van der Waals surface area contributed by atoms with Crippen molar-refractivity contribution in [2.75, 3.05) is 25.4 Å². The molecule has 1 saturated heterocycles. The van der Waals surface area contributed by atoms with E-state index in [1.807, 2.05) is 11.8 Å². The second-order valence-corrected chi connectivity index (χ2v) is 11.3. The molecule has 0 atom stereocenters. The van der Waals surface area contributed by atoms with Gasteiger partial charge in [0.1, 0.15) is 0 Å². The van der Waals surface area contributed by atoms with Crippen LogP contribution in [0.3, 0.4) is 0 Å². The van der Waals surface area contributed by atoms with Gasteiger partial charge in [0.2, 0.25) is 10.0 Å². The van der Waals surface area contributed by atoms with Crippen molar-refractivity contribution in [1.82, 2.24) is 9.62 Å². The first-order valence-corrected chi connectivity index (χ1v) is 13.0. The van der Waals surface area contributed by atoms with Crippen molar-refractivity contribution in [2.45, 2.75) is 62.0 Å². The number of nitrogens with one attached hydrogen (secondary N) is 1. The summed E-state index contributed by atoms with van der Waals surface area (Å²) in [6.07, 6.45) is 8.34. The first kappa shape index (κ1) is 21.7. The van der Waals surface area contributed by atoms with Crippen LogP contribution >= 0.6 is 11.8 Å². The molecule has 3 rings (SSSR count). The zero-order valence-corrected chi connectivity index (χ0v) is 18.4. The molecule has 0 radical (unpaired) electrons. The number of hydrogen-bond donors (Lipinski definition) is 1. The summed E-state index contributed by atoms with van der Waals surface area (Å²) in [7, 11) is -3.53. The molecule has 1 saturated carbocycles. The van der Waals surface area contributed by atoms with E-state index in [1.165, 1.54) is 38.2 Å². The van der Waals surface area contributed by atoms with Crippen LogP contribution in [0.4, 0.5) is 0 Å². The van der Waals surface area contributed by atoms with Crippen molar-refractivity contribution >= 4 is 27.7 Å². The molecule has 2 fully saturated rings. The lowest BCUT2D eigenvalue weighted by molar-refractivity contribution is 0.0956. The fraction of sp³-hybridized carbons (Fsp3) is 0.667. The number of nitrogens with zero attached hydrogens (tertiary/aromatic N) is 1. The molecular formula is C21H32N2O3S2. The highest BCUT2D eigenvalue weighted by molar-refractivity contribution is 7.99. The van der Waals surface area contributed by atoms with Gasteiger partial charge in [-0.25, -0.2) is 8.42 Å². The van der Waals surface area contributed by atoms with Crippen LogP contribution in [0.1, 0.15) is 62.2 Å². The van der Waals surface area contributed by atoms with Gasteiger partial charge < -0.3 is 5.32 Å². The standard InChI is InChI=1S/C21H32N2O3S2/c1-17-10-13-23(14-11-17)28(25,26)20-9-5-6-18(16-20)21(24)22-12-15-27-19-7-3-2-4-8-19/h5-6,9,16-17,19H,2-4,7-8,10-15H2,1H3,(H,22,24). The molecule has 1 N–H and O–H groups in total. The van der Waals surface area contributed by atoms with E-state index in [-0.39, 0.29) is 10.8 Å². The lowest BCUT2D eigenvalue weighted by atomic mass is 10.0. The van der Waals surface area contributed by atoms with E-state index in [9.17, 15) is 13.2 Å². The van der Waals surface area contributed by atoms with Crippen molar-refractivity contribution in [3.63, 3.8) is 0 Å². The van der Waals surface area contributed by atoms with Crippen LogP contribution in [0, 0.1) is 5.92 Å². The van der Waals surface area contributed by atoms with Crippen molar-refractivity contribution < 1.29 is 13.2 Å². The molecule has 1 heterocycles. The van der Waals surface area contributed by atoms with Gasteiger partial charge >= 0.3 is 0 Å². The van der Waals surface area contributed by atoms with E-state index in [0.29, 0.717) is 31.1 Å². The van der Waals surface area contributed by atoms with Gasteiger partial charge in [-0.3, -0.25) is 4.79 Å². The number of benzene rings is 1. The summed E-state index contributed by atoms with van der Waals surface area (Å²) in [5.74, 6) is 1.27. The van der Waals surface area contributed by atoms with Gasteiger partial charge in [-0.1, -0.05) is 32.3 Å². The SMILES string of the molecule is CC1CCN(S(=O)(=O)c2cccc(C(=O)NCCSC3CCCCC3)c2)CC1. The number of hydrogen-bond acceptors (Lipinski definition) is 4. The van der Waals surface area contributed by atoms with Crippen molar-refractivity contribution in [1.29, 1.82) is 0 Å². The van der Waals surface area contributed by atoms with E-state index in [2.05, 4.69) is 12.2 Å². The minimum atomic E-state index is -3.53. The third kappa shape index (κ3) is 5.74. The highest BCUT2D eigenvalue weighted by Gasteiger charge is 2.28. The van der Waals surface area contributed by atoms with Crippen LogP contribution in [-0.2, 0) is 10.0 Å². The molecule has 1 aliphatic carbocycles. The lowest BCUT2D eigenvalue weighted by Gasteiger charge is -2.29. The zero-order chi connectivity index (χ0) is 20.0. The molecule has 1 amide bonds. The normalized spacial score (nSPS) is 20.2. The van der Waals surface area contributed by atoms with Crippen molar-refractivity contribution in [2.24, 2.45) is 5.92 Å². The monoisotopic (exact) mass is 424 g/mol. The average molecular weight is 425 g/mol. The highest BCUT2D eigenvalue weighted by Crippen LogP contribution is 2.28. The van der Waals surface area contributed by atoms with E-state index >= 15 is 0 Å². The van der Waals surface area contributed by atoms with Gasteiger partial charge in [-0.05, 0) is 49.8 Å². The Morgan fingerprint density at radius 3 is 2.57 bits per heavy atom. The summed E-state index contributed by atoms with van der Waals surface area (Å²) in [6.45, 7) is 3.87. The van der Waals surface area contributed by atoms with Gasteiger partial charge in [-0.2, -0.15) is 16.1 Å². The lowest BCUT2D eigenvalue weighted by Crippen LogP contribution is -2.38. The predicted molar refractivity (Wildman–Crippen MR) is 115 cm³/mol. The van der Waals surface area contributed by atoms with E-state index in [0.717, 1.165) is 23.8 Å². The quantitative estimate of drug-likeness (QED) is 0.674. The first-order chi connectivity index (χ1) is 13.5. The van der Waals surface area contributed by atoms with E-state index in [4.69, 9.17) is 0 Å². The Morgan fingerprint density at radius 1 is 1.14 bits per heavy atom. The zero-order valence-electron chi connectivity index (χ0n) is 16.7. The van der Waals surface area contributed by atoms with Crippen LogP contribution in [0.25, 0.3) is 0 Å². The van der Waals surface area contributed by atoms with Gasteiger partial charge in [0, 0.05) is 36.2 Å². The maximum Gasteiger partial charge on any atom is 0.251 e. The number of amides is 1. The van der Waals surface area contributed by atoms with Crippen LogP contribution in [0.15, 0.2) is 29.2 Å². The largest absolute Gasteiger partial charge is 0.351 e. The summed E-state index contributed by atoms with van der Waals surface area (Å²) < 4.78 is 27.3. The van der Waals surface area contributed by atoms with Crippen LogP contribution in [0.5, 0.6) is 0 Å². The molecule has 7 heteroatoms. The molecule has 0 spiro atoms. The van der Waals surface area contributed by atoms with Crippen LogP contribution in [0.2, 0.25) is 0 Å². The van der Waals surface area contributed by atoms with Gasteiger partial charge in [0.05, 0.1) is 4.90 Å². The van der Waals surface area contributed by atoms with Gasteiger partial charge in [0.25, 0.3) is 5.91 Å². The maximum absolute atomic E-state index is 12.9. The molecule has 0 bridgehead atoms. The Bertz CT molecular complexity index is 753. The van der Waals surface area contributed by atoms with Crippen molar-refractivity contribution in [3.05, 3.63) is 29.8 Å². The molecule has 156 valence electrons. The second-order valence-electron chi connectivity index (χ2n) is 8.00. The van der Waals surface area contributed by atoms with Gasteiger partial charge in [0.15, 0.2) is 0 Å². The number of rotatable bonds is 7. The Labute approximate surface area is 173 Å². The summed E-state index contributed by atoms with van der Waals surface area (Å²) in [5, 5.41) is 3.66. The number of piperidine rings is 1. The molecule has 0 aromatic heterocycles. The van der Waals surface area contributed by atoms with Gasteiger partial charge in [-0.15, -0.1) is 0 Å². The summed E-state index contributed by atoms with van der Waals surface area (Å²) in [4.78, 5) is 12.7. The maximum atomic E-state index is 12.9. The molecular weight excluding hydrogens is 392 g/mol. The van der Waals surface area contributed by atoms with Crippen LogP contribution in [-0.4, -0.2) is 49.3 Å². The second kappa shape index (κ2) is 10.1. The van der Waals surface area contributed by atoms with Crippen molar-refractivity contribution in [3.8, 4) is 0 Å². The average Bonchev–Trinajstić information content (AvgIpc) is 2.72. The van der Waals surface area contributed by atoms with E-state index < -0.39 is 10.0 Å². The summed E-state index contributed by atoms with van der Waals surface area (Å²) in [6, 6.07) is 6.44. The molecule has 2 aliphatic rings. The molecule has 0 unspecified atom stereocenters. The highest BCUT2D eigenvalue weighted by atomic mass is 32.2. The molecule has 1 aliphatic heterocycles. The smallest absolute Gasteiger partial charge is 0.251 e. The Morgan fingerprint density at radius 2 is 1.86 bits per heavy atom. The van der Waals surface area contributed by atoms with Crippen LogP contribution < -0.4 is 5.32 Å². The Balaban J connectivity index is 1.53. The summed E-state index contributed by atoms with van der Waals surface area (Å²) in [5.41, 5.74) is 0.411. The molecule has 5 nitrogen and oxygen atoms in total. The molecule has 1 aromatic carbocycles. The minimum absolute atomic E-state index is 0.200. The Kier molecular flexibility index (Phi) is 7.83. The number of thioether (sulfide) groups is 1. The molecule has 28 heavy (non-hydrogen) atoms.